The molecule has 0 aromatic heterocycles. The molecular weight excluding hydrogens is 224 g/mol. The van der Waals surface area contributed by atoms with Gasteiger partial charge < -0.3 is 37.2 Å². The average molecular weight is 229 g/mol. The summed E-state index contributed by atoms with van der Waals surface area (Å²) in [6.45, 7) is 0. The molecule has 0 atom stereocenters. The van der Waals surface area contributed by atoms with Crippen molar-refractivity contribution in [1.29, 1.82) is 0 Å². The van der Waals surface area contributed by atoms with Crippen LogP contribution in [0, 0.1) is 0 Å². The molecule has 0 radical (unpaired) electrons. The standard InChI is InChI=1S/B4H2O7.3Na.3H/c5-1-7-3-9-2(6)10-4(8-1)11-3;;;;;;/h5-6H;;;;;;/q;3*+1;3*-1. The van der Waals surface area contributed by atoms with Gasteiger partial charge in [-0.2, -0.15) is 0 Å². The van der Waals surface area contributed by atoms with Crippen molar-refractivity contribution >= 4 is 29.3 Å². The molecule has 2 N–H and O–H groups in total. The van der Waals surface area contributed by atoms with E-state index in [0.29, 0.717) is 0 Å². The maximum absolute atomic E-state index is 8.74. The molecule has 0 aromatic carbocycles. The van der Waals surface area contributed by atoms with E-state index in [9.17, 15) is 0 Å². The summed E-state index contributed by atoms with van der Waals surface area (Å²) in [5.74, 6) is 0. The molecule has 7 nitrogen and oxygen atoms in total. The largest absolute Gasteiger partial charge is 1.00 e. The van der Waals surface area contributed by atoms with Crippen molar-refractivity contribution in [3.8, 4) is 0 Å². The summed E-state index contributed by atoms with van der Waals surface area (Å²) in [5.41, 5.74) is 0. The molecule has 14 heavy (non-hydrogen) atoms. The summed E-state index contributed by atoms with van der Waals surface area (Å²) in [5, 5.41) is 17.5. The number of hydrogen-bond acceptors (Lipinski definition) is 7. The zero-order valence-corrected chi connectivity index (χ0v) is 14.2. The van der Waals surface area contributed by atoms with Gasteiger partial charge in [0.25, 0.3) is 0 Å². The van der Waals surface area contributed by atoms with E-state index in [4.69, 9.17) is 10.0 Å². The van der Waals surface area contributed by atoms with Gasteiger partial charge in [0, 0.05) is 0 Å². The van der Waals surface area contributed by atoms with Crippen molar-refractivity contribution in [3.05, 3.63) is 0 Å². The molecule has 0 unspecified atom stereocenters. The Balaban J connectivity index is -0.0000000800. The summed E-state index contributed by atoms with van der Waals surface area (Å²) >= 11 is 0. The van der Waals surface area contributed by atoms with E-state index < -0.39 is 29.3 Å². The molecule has 2 heterocycles. The first-order valence-corrected chi connectivity index (χ1v) is 2.87. The minimum absolute atomic E-state index is 0. The Morgan fingerprint density at radius 1 is 0.643 bits per heavy atom. The SMILES string of the molecule is OB1OB2OB(O)OB(O1)O2.[H-].[H-].[H-].[Na+].[Na+].[Na+]. The Morgan fingerprint density at radius 3 is 1.21 bits per heavy atom. The summed E-state index contributed by atoms with van der Waals surface area (Å²) in [4.78, 5) is 0. The van der Waals surface area contributed by atoms with Crippen molar-refractivity contribution in [2.45, 2.75) is 0 Å². The van der Waals surface area contributed by atoms with Crippen LogP contribution in [0.5, 0.6) is 0 Å². The Kier molecular flexibility index (Phi) is 12.4. The molecule has 2 bridgehead atoms. The molecule has 62 valence electrons. The Labute approximate surface area is 153 Å². The van der Waals surface area contributed by atoms with Crippen LogP contribution in [0.3, 0.4) is 0 Å². The van der Waals surface area contributed by atoms with Crippen molar-refractivity contribution in [2.24, 2.45) is 0 Å². The second kappa shape index (κ2) is 8.98. The van der Waals surface area contributed by atoms with Gasteiger partial charge in [-0.15, -0.1) is 0 Å². The van der Waals surface area contributed by atoms with Crippen LogP contribution < -0.4 is 88.7 Å². The zero-order chi connectivity index (χ0) is 7.84. The first-order chi connectivity index (χ1) is 5.24. The van der Waals surface area contributed by atoms with Crippen LogP contribution in [-0.2, 0) is 22.9 Å². The van der Waals surface area contributed by atoms with E-state index in [1.807, 2.05) is 0 Å². The van der Waals surface area contributed by atoms with Gasteiger partial charge >= 0.3 is 118 Å². The Bertz CT molecular complexity index is 138. The number of fused-ring (bicyclic) bond motifs is 2. The normalized spacial score (nSPS) is 19.3. The minimum atomic E-state index is -1.45. The van der Waals surface area contributed by atoms with Gasteiger partial charge in [-0.1, -0.05) is 0 Å². The van der Waals surface area contributed by atoms with Gasteiger partial charge in [-0.3, -0.25) is 0 Å². The van der Waals surface area contributed by atoms with E-state index in [-0.39, 0.29) is 93.0 Å². The molecule has 2 rings (SSSR count). The molecule has 0 amide bonds. The third-order valence-corrected chi connectivity index (χ3v) is 1.13. The molecule has 0 aliphatic carbocycles. The van der Waals surface area contributed by atoms with Gasteiger partial charge in [0.2, 0.25) is 0 Å². The van der Waals surface area contributed by atoms with Crippen LogP contribution >= 0.6 is 0 Å². The predicted molar refractivity (Wildman–Crippen MR) is 36.2 cm³/mol. The smallest absolute Gasteiger partial charge is 1.00 e. The van der Waals surface area contributed by atoms with Crippen molar-refractivity contribution in [2.75, 3.05) is 0 Å². The summed E-state index contributed by atoms with van der Waals surface area (Å²) in [6, 6.07) is 0. The predicted octanol–water partition coefficient (Wildman–Crippen LogP) is -11.6. The second-order valence-electron chi connectivity index (χ2n) is 1.87. The fourth-order valence-electron chi connectivity index (χ4n) is 0.728. The molecule has 2 fully saturated rings. The van der Waals surface area contributed by atoms with Gasteiger partial charge in [0.05, 0.1) is 0 Å². The van der Waals surface area contributed by atoms with Crippen LogP contribution in [0.4, 0.5) is 0 Å². The molecule has 14 heteroatoms. The monoisotopic (exact) mass is 230 g/mol. The van der Waals surface area contributed by atoms with Crippen LogP contribution in [-0.4, -0.2) is 39.3 Å². The van der Waals surface area contributed by atoms with Crippen LogP contribution in [0.15, 0.2) is 0 Å². The molecule has 0 saturated carbocycles. The number of rotatable bonds is 0. The van der Waals surface area contributed by atoms with Crippen molar-refractivity contribution < 1.29 is 126 Å². The Morgan fingerprint density at radius 2 is 0.929 bits per heavy atom. The van der Waals surface area contributed by atoms with Crippen molar-refractivity contribution in [3.63, 3.8) is 0 Å². The third-order valence-electron chi connectivity index (χ3n) is 1.13. The average Bonchev–Trinajstić information content (AvgIpc) is 1.82. The van der Waals surface area contributed by atoms with E-state index in [0.717, 1.165) is 0 Å². The molecular formula is H5B4Na3O7. The molecule has 2 aliphatic rings. The maximum Gasteiger partial charge on any atom is 1.00 e. The van der Waals surface area contributed by atoms with E-state index in [2.05, 4.69) is 22.9 Å². The van der Waals surface area contributed by atoms with E-state index in [1.165, 1.54) is 0 Å². The summed E-state index contributed by atoms with van der Waals surface area (Å²) in [7, 11) is -5.20. The van der Waals surface area contributed by atoms with E-state index >= 15 is 0 Å². The summed E-state index contributed by atoms with van der Waals surface area (Å²) < 4.78 is 22.6. The van der Waals surface area contributed by atoms with Crippen molar-refractivity contribution in [1.82, 2.24) is 0 Å². The minimum Gasteiger partial charge on any atom is -1.00 e. The maximum atomic E-state index is 8.74. The summed E-state index contributed by atoms with van der Waals surface area (Å²) in [6.07, 6.45) is 0. The quantitative estimate of drug-likeness (QED) is 0.399. The molecule has 0 spiro atoms. The van der Waals surface area contributed by atoms with Gasteiger partial charge in [0.15, 0.2) is 0 Å². The van der Waals surface area contributed by atoms with Crippen LogP contribution in [0.25, 0.3) is 0 Å². The van der Waals surface area contributed by atoms with Gasteiger partial charge in [0.1, 0.15) is 0 Å². The fraction of sp³-hybridized carbons (Fsp3) is 0. The van der Waals surface area contributed by atoms with Crippen LogP contribution in [0.1, 0.15) is 4.28 Å². The fourth-order valence-corrected chi connectivity index (χ4v) is 0.728. The first-order valence-electron chi connectivity index (χ1n) is 2.87. The van der Waals surface area contributed by atoms with Gasteiger partial charge in [-0.25, -0.2) is 0 Å². The second-order valence-corrected chi connectivity index (χ2v) is 1.87. The third kappa shape index (κ3) is 5.54. The van der Waals surface area contributed by atoms with Gasteiger partial charge in [-0.05, 0) is 0 Å². The Hall–Kier alpha value is 2.98. The number of hydrogen-bond donors (Lipinski definition) is 2. The topological polar surface area (TPSA) is 86.6 Å². The van der Waals surface area contributed by atoms with Crippen LogP contribution in [0.2, 0.25) is 0 Å². The molecule has 0 aromatic rings. The van der Waals surface area contributed by atoms with E-state index in [1.54, 1.807) is 0 Å². The molecule has 2 saturated heterocycles. The zero-order valence-electron chi connectivity index (χ0n) is 11.2. The first kappa shape index (κ1) is 19.3. The molecule has 2 aliphatic heterocycles.